The largest absolute Gasteiger partial charge is 0.300 e. The van der Waals surface area contributed by atoms with Crippen molar-refractivity contribution in [3.05, 3.63) is 12.2 Å². The molecule has 4 rings (SSSR count). The number of hydrogen-bond donors (Lipinski definition) is 0. The van der Waals surface area contributed by atoms with Crippen molar-refractivity contribution in [2.24, 2.45) is 40.9 Å². The summed E-state index contributed by atoms with van der Waals surface area (Å²) in [4.78, 5) is 35.3. The summed E-state index contributed by atoms with van der Waals surface area (Å²) in [7, 11) is 0. The average molecular weight is 391 g/mol. The van der Waals surface area contributed by atoms with Crippen molar-refractivity contribution in [3.63, 3.8) is 0 Å². The number of hydrogen-bond acceptors (Lipinski definition) is 3. The molecule has 3 nitrogen and oxygen atoms in total. The van der Waals surface area contributed by atoms with E-state index in [4.69, 9.17) is 0 Å². The van der Waals surface area contributed by atoms with Gasteiger partial charge in [0.2, 0.25) is 0 Å². The molecule has 4 fully saturated rings. The van der Waals surface area contributed by atoms with Crippen LogP contribution in [0.2, 0.25) is 0 Å². The number of allylic oxidation sites excluding steroid dienone is 1. The van der Waals surface area contributed by atoms with Crippen molar-refractivity contribution < 1.29 is 14.4 Å². The molecular weight excluding hydrogens is 348 g/mol. The van der Waals surface area contributed by atoms with Crippen molar-refractivity contribution in [2.75, 3.05) is 0 Å². The average Bonchev–Trinajstić information content (AvgIpc) is 2.74. The Bertz CT molecular complexity index is 615. The van der Waals surface area contributed by atoms with Gasteiger partial charge in [-0.3, -0.25) is 9.59 Å². The highest BCUT2D eigenvalue weighted by molar-refractivity contribution is 6.08. The normalized spacial score (nSPS) is 40.6. The van der Waals surface area contributed by atoms with E-state index in [2.05, 4.69) is 20.4 Å². The van der Waals surface area contributed by atoms with E-state index in [1.165, 1.54) is 26.7 Å². The minimum atomic E-state index is -0.366. The van der Waals surface area contributed by atoms with Gasteiger partial charge in [0, 0.05) is 17.8 Å². The van der Waals surface area contributed by atoms with Gasteiger partial charge in [0.25, 0.3) is 0 Å². The fourth-order valence-electron chi connectivity index (χ4n) is 6.65. The fourth-order valence-corrected chi connectivity index (χ4v) is 6.65. The molecule has 2 unspecified atom stereocenters. The summed E-state index contributed by atoms with van der Waals surface area (Å²) in [6.45, 7) is 15.7. The Labute approximate surface area is 172 Å². The van der Waals surface area contributed by atoms with Crippen LogP contribution in [0.15, 0.2) is 12.2 Å². The number of ketones is 3. The molecule has 0 aliphatic heterocycles. The van der Waals surface area contributed by atoms with Crippen LogP contribution in [0, 0.1) is 40.9 Å². The molecule has 4 aliphatic rings. The van der Waals surface area contributed by atoms with Crippen LogP contribution in [0.5, 0.6) is 0 Å². The lowest BCUT2D eigenvalue weighted by Crippen LogP contribution is -2.56. The van der Waals surface area contributed by atoms with Crippen molar-refractivity contribution in [3.8, 4) is 0 Å². The Morgan fingerprint density at radius 3 is 2.18 bits per heavy atom. The van der Waals surface area contributed by atoms with Crippen LogP contribution in [0.25, 0.3) is 0 Å². The summed E-state index contributed by atoms with van der Waals surface area (Å²) in [5.74, 6) is 3.15. The van der Waals surface area contributed by atoms with Gasteiger partial charge in [0.15, 0.2) is 5.78 Å². The van der Waals surface area contributed by atoms with Crippen molar-refractivity contribution >= 4 is 17.3 Å². The van der Waals surface area contributed by atoms with E-state index < -0.39 is 0 Å². The highest BCUT2D eigenvalue weighted by Gasteiger charge is 2.67. The van der Waals surface area contributed by atoms with E-state index in [0.717, 1.165) is 30.8 Å². The number of rotatable bonds is 0. The van der Waals surface area contributed by atoms with E-state index >= 15 is 0 Å². The van der Waals surface area contributed by atoms with Crippen LogP contribution < -0.4 is 0 Å². The second kappa shape index (κ2) is 9.50. The summed E-state index contributed by atoms with van der Waals surface area (Å²) in [6, 6.07) is 0. The second-order valence-corrected chi connectivity index (χ2v) is 9.12. The fraction of sp³-hybridized carbons (Fsp3) is 0.800. The first-order valence-electron chi connectivity index (χ1n) is 10.9. The summed E-state index contributed by atoms with van der Waals surface area (Å²) in [5.41, 5.74) is 0.399. The maximum absolute atomic E-state index is 13.0. The smallest absolute Gasteiger partial charge is 0.165 e. The molecule has 3 heteroatoms. The van der Waals surface area contributed by atoms with Crippen molar-refractivity contribution in [2.45, 2.75) is 87.5 Å². The van der Waals surface area contributed by atoms with E-state index in [1.807, 2.05) is 13.8 Å². The molecule has 7 atom stereocenters. The van der Waals surface area contributed by atoms with E-state index in [-0.39, 0.29) is 36.2 Å². The SMILES string of the molecule is C.C=C1C(=O)[C@@]23CC[C@H]4C(CCC[C@@H]4C)[C@@H]2C(=O)C[C@@H]1C3C.CC.CC(C)=O. The van der Waals surface area contributed by atoms with E-state index in [0.29, 0.717) is 30.0 Å². The zero-order valence-electron chi connectivity index (χ0n) is 18.1. The number of carbonyl (C=O) groups excluding carboxylic acids is 3. The first-order chi connectivity index (χ1) is 12.7. The minimum Gasteiger partial charge on any atom is -0.300 e. The molecule has 28 heavy (non-hydrogen) atoms. The first-order valence-corrected chi connectivity index (χ1v) is 10.9. The maximum Gasteiger partial charge on any atom is 0.165 e. The van der Waals surface area contributed by atoms with Crippen LogP contribution in [-0.2, 0) is 14.4 Å². The van der Waals surface area contributed by atoms with Gasteiger partial charge in [-0.25, -0.2) is 0 Å². The molecular formula is C25H42O3. The summed E-state index contributed by atoms with van der Waals surface area (Å²) in [5, 5.41) is 0. The quantitative estimate of drug-likeness (QED) is 0.473. The molecule has 2 bridgehead atoms. The predicted octanol–water partition coefficient (Wildman–Crippen LogP) is 6.06. The van der Waals surface area contributed by atoms with Crippen LogP contribution in [0.3, 0.4) is 0 Å². The Morgan fingerprint density at radius 2 is 1.61 bits per heavy atom. The van der Waals surface area contributed by atoms with Gasteiger partial charge in [0.1, 0.15) is 11.6 Å². The van der Waals surface area contributed by atoms with Crippen molar-refractivity contribution in [1.82, 2.24) is 0 Å². The molecule has 0 aromatic rings. The minimum absolute atomic E-state index is 0. The Morgan fingerprint density at radius 1 is 1.04 bits per heavy atom. The third-order valence-corrected chi connectivity index (χ3v) is 7.70. The summed E-state index contributed by atoms with van der Waals surface area (Å²) < 4.78 is 0. The topological polar surface area (TPSA) is 51.2 Å². The molecule has 160 valence electrons. The Kier molecular flexibility index (Phi) is 8.41. The van der Waals surface area contributed by atoms with Crippen LogP contribution in [0.1, 0.15) is 87.5 Å². The Balaban J connectivity index is 0.000000503. The first kappa shape index (κ1) is 24.8. The highest BCUT2D eigenvalue weighted by atomic mass is 16.1. The molecule has 0 heterocycles. The van der Waals surface area contributed by atoms with Gasteiger partial charge in [-0.15, -0.1) is 0 Å². The number of fused-ring (bicyclic) bond motifs is 3. The van der Waals surface area contributed by atoms with Gasteiger partial charge < -0.3 is 4.79 Å². The van der Waals surface area contributed by atoms with Gasteiger partial charge in [0.05, 0.1) is 0 Å². The van der Waals surface area contributed by atoms with Crippen LogP contribution >= 0.6 is 0 Å². The summed E-state index contributed by atoms with van der Waals surface area (Å²) >= 11 is 0. The third kappa shape index (κ3) is 3.78. The maximum atomic E-state index is 13.0. The number of carbonyl (C=O) groups is 3. The van der Waals surface area contributed by atoms with Gasteiger partial charge >= 0.3 is 0 Å². The monoisotopic (exact) mass is 390 g/mol. The molecule has 0 radical (unpaired) electrons. The lowest BCUT2D eigenvalue weighted by atomic mass is 9.47. The van der Waals surface area contributed by atoms with Gasteiger partial charge in [-0.05, 0) is 68.3 Å². The zero-order valence-corrected chi connectivity index (χ0v) is 18.1. The third-order valence-electron chi connectivity index (χ3n) is 7.70. The van der Waals surface area contributed by atoms with E-state index in [9.17, 15) is 14.4 Å². The molecule has 1 spiro atoms. The van der Waals surface area contributed by atoms with Crippen LogP contribution in [0.4, 0.5) is 0 Å². The molecule has 4 aliphatic carbocycles. The second-order valence-electron chi connectivity index (χ2n) is 9.12. The molecule has 0 aromatic carbocycles. The number of Topliss-reactive ketones (excluding diaryl/α,β-unsaturated/α-hetero) is 3. The van der Waals surface area contributed by atoms with E-state index in [1.54, 1.807) is 0 Å². The predicted molar refractivity (Wildman–Crippen MR) is 116 cm³/mol. The van der Waals surface area contributed by atoms with Crippen LogP contribution in [-0.4, -0.2) is 17.3 Å². The zero-order chi connectivity index (χ0) is 20.5. The van der Waals surface area contributed by atoms with Gasteiger partial charge in [-0.1, -0.05) is 54.5 Å². The van der Waals surface area contributed by atoms with Gasteiger partial charge in [-0.2, -0.15) is 0 Å². The highest BCUT2D eigenvalue weighted by Crippen LogP contribution is 2.66. The Hall–Kier alpha value is -1.25. The van der Waals surface area contributed by atoms with Crippen molar-refractivity contribution in [1.29, 1.82) is 0 Å². The molecule has 0 aromatic heterocycles. The molecule has 0 amide bonds. The molecule has 0 N–H and O–H groups in total. The molecule has 4 saturated carbocycles. The standard InChI is InChI=1S/C19H26O2.C3H6O.C2H6.CH4/c1-10-5-4-6-14-13(10)7-8-19-12(3)15(11(2)18(19)21)9-16(20)17(14)19;1-3(2)4;1-2;/h10,12-15,17H,2,4-9H2,1,3H3;1-2H3;1-2H3;1H4/t10-,12?,13+,14?,15-,17+,19+;;;/m0.../s1. The molecule has 0 saturated heterocycles. The lowest BCUT2D eigenvalue weighted by molar-refractivity contribution is -0.157. The lowest BCUT2D eigenvalue weighted by Gasteiger charge is -2.55. The summed E-state index contributed by atoms with van der Waals surface area (Å²) in [6.07, 6.45) is 6.35.